The quantitative estimate of drug-likeness (QED) is 0.0680. The van der Waals surface area contributed by atoms with E-state index in [4.69, 9.17) is 72.0 Å². The summed E-state index contributed by atoms with van der Waals surface area (Å²) in [5.41, 5.74) is 6.04. The van der Waals surface area contributed by atoms with E-state index in [0.717, 1.165) is 0 Å². The Morgan fingerprint density at radius 2 is 1.00 bits per heavy atom. The second-order valence-corrected chi connectivity index (χ2v) is 23.6. The van der Waals surface area contributed by atoms with Gasteiger partial charge in [-0.25, -0.2) is 0 Å². The summed E-state index contributed by atoms with van der Waals surface area (Å²) < 4.78 is 78.1. The number of nitrogens with zero attached hydrogens (tertiary/aromatic N) is 3. The van der Waals surface area contributed by atoms with Gasteiger partial charge < -0.3 is 102 Å². The van der Waals surface area contributed by atoms with Gasteiger partial charge in [-0.05, 0) is 43.1 Å². The zero-order chi connectivity index (χ0) is 67.9. The van der Waals surface area contributed by atoms with Gasteiger partial charge in [-0.3, -0.25) is 24.0 Å². The second kappa shape index (κ2) is 52.2. The first-order valence-electron chi connectivity index (χ1n) is 33.2. The largest absolute Gasteiger partial charge is 0.386 e. The van der Waals surface area contributed by atoms with Gasteiger partial charge in [0, 0.05) is 41.4 Å². The third kappa shape index (κ3) is 34.0. The van der Waals surface area contributed by atoms with Gasteiger partial charge in [0.15, 0.2) is 0 Å². The Hall–Kier alpha value is -4.07. The van der Waals surface area contributed by atoms with Crippen molar-refractivity contribution >= 4 is 29.5 Å². The number of ether oxygens (including phenoxy) is 14. The summed E-state index contributed by atoms with van der Waals surface area (Å²) in [5.74, 6) is -2.99. The van der Waals surface area contributed by atoms with Gasteiger partial charge in [0.1, 0.15) is 12.1 Å². The predicted molar refractivity (Wildman–Crippen MR) is 347 cm³/mol. The fourth-order valence-corrected chi connectivity index (χ4v) is 10.7. The second-order valence-electron chi connectivity index (χ2n) is 23.6. The average Bonchev–Trinajstić information content (AvgIpc) is 1.56. The van der Waals surface area contributed by atoms with Crippen LogP contribution in [0.4, 0.5) is 0 Å². The fourth-order valence-electron chi connectivity index (χ4n) is 10.7. The monoisotopic (exact) mass is 1320 g/mol. The molecule has 26 heteroatoms. The van der Waals surface area contributed by atoms with Gasteiger partial charge in [0.2, 0.25) is 29.5 Å². The normalized spacial score (nSPS) is 16.4. The van der Waals surface area contributed by atoms with Gasteiger partial charge in [-0.15, -0.1) is 0 Å². The van der Waals surface area contributed by atoms with Crippen LogP contribution >= 0.6 is 0 Å². The molecular formula is C66H120N6O20. The van der Waals surface area contributed by atoms with Crippen molar-refractivity contribution in [3.63, 3.8) is 0 Å². The van der Waals surface area contributed by atoms with Gasteiger partial charge in [0.25, 0.3) is 0 Å². The molecule has 0 aliphatic carbocycles. The molecule has 534 valence electrons. The number of likely N-dealkylation sites (tertiary alicyclic amines) is 1. The first-order valence-corrected chi connectivity index (χ1v) is 33.2. The number of amides is 5. The van der Waals surface area contributed by atoms with Crippen LogP contribution in [-0.4, -0.2) is 292 Å². The summed E-state index contributed by atoms with van der Waals surface area (Å²) in [5, 5.41) is 16.9. The third-order valence-electron chi connectivity index (χ3n) is 16.0. The number of aliphatic hydroxyl groups excluding tert-OH is 1. The topological polar surface area (TPSA) is 295 Å². The Morgan fingerprint density at radius 3 is 1.38 bits per heavy atom. The minimum atomic E-state index is -0.958. The molecule has 1 aliphatic rings. The van der Waals surface area contributed by atoms with E-state index in [1.165, 1.54) is 19.1 Å². The minimum absolute atomic E-state index is 0.0336. The molecule has 0 radical (unpaired) electrons. The molecule has 0 saturated carbocycles. The average molecular weight is 1320 g/mol. The molecule has 92 heavy (non-hydrogen) atoms. The number of hydrogen-bond acceptors (Lipinski definition) is 21. The Balaban J connectivity index is 1.65. The summed E-state index contributed by atoms with van der Waals surface area (Å²) in [7, 11) is 6.33. The van der Waals surface area contributed by atoms with E-state index < -0.39 is 60.3 Å². The highest BCUT2D eigenvalue weighted by molar-refractivity contribution is 5.92. The summed E-state index contributed by atoms with van der Waals surface area (Å²) in [6.45, 7) is 26.4. The zero-order valence-corrected chi connectivity index (χ0v) is 57.9. The lowest BCUT2D eigenvalue weighted by atomic mass is 9.89. The maximum atomic E-state index is 14.7. The third-order valence-corrected chi connectivity index (χ3v) is 16.0. The lowest BCUT2D eigenvalue weighted by Crippen LogP contribution is -2.60. The molecule has 2 rings (SSSR count). The van der Waals surface area contributed by atoms with Crippen LogP contribution in [0.2, 0.25) is 0 Å². The van der Waals surface area contributed by atoms with E-state index in [1.807, 2.05) is 59.7 Å². The van der Waals surface area contributed by atoms with Crippen LogP contribution in [-0.2, 0) is 90.3 Å². The van der Waals surface area contributed by atoms with Crippen LogP contribution in [0.5, 0.6) is 0 Å². The lowest BCUT2D eigenvalue weighted by molar-refractivity contribution is -0.148. The van der Waals surface area contributed by atoms with Crippen molar-refractivity contribution in [1.29, 1.82) is 0 Å². The van der Waals surface area contributed by atoms with Crippen molar-refractivity contribution < 1.29 is 95.4 Å². The molecule has 1 aromatic carbocycles. The Bertz CT molecular complexity index is 2060. The van der Waals surface area contributed by atoms with Gasteiger partial charge in [0.05, 0.1) is 214 Å². The molecule has 5 amide bonds. The summed E-state index contributed by atoms with van der Waals surface area (Å²) in [4.78, 5) is 75.2. The van der Waals surface area contributed by atoms with E-state index in [0.29, 0.717) is 183 Å². The molecule has 0 bridgehead atoms. The summed E-state index contributed by atoms with van der Waals surface area (Å²) in [6.07, 6.45) is -0.261. The minimum Gasteiger partial charge on any atom is -0.386 e. The Morgan fingerprint density at radius 1 is 0.576 bits per heavy atom. The number of aliphatic hydroxyl groups is 1. The van der Waals surface area contributed by atoms with Crippen molar-refractivity contribution in [3.8, 4) is 0 Å². The Kier molecular flexibility index (Phi) is 47.6. The van der Waals surface area contributed by atoms with Gasteiger partial charge in [-0.2, -0.15) is 0 Å². The number of rotatable bonds is 58. The summed E-state index contributed by atoms with van der Waals surface area (Å²) >= 11 is 0. The highest BCUT2D eigenvalue weighted by Crippen LogP contribution is 2.30. The molecule has 10 atom stereocenters. The summed E-state index contributed by atoms with van der Waals surface area (Å²) in [6, 6.07) is 5.76. The van der Waals surface area contributed by atoms with Gasteiger partial charge in [-0.1, -0.05) is 85.2 Å². The van der Waals surface area contributed by atoms with Crippen molar-refractivity contribution in [3.05, 3.63) is 35.9 Å². The van der Waals surface area contributed by atoms with Crippen molar-refractivity contribution in [2.24, 2.45) is 29.4 Å². The smallest absolute Gasteiger partial charge is 0.245 e. The molecule has 1 saturated heterocycles. The van der Waals surface area contributed by atoms with Crippen LogP contribution in [0.1, 0.15) is 99.2 Å². The number of carbonyl (C=O) groups excluding carboxylic acids is 5. The van der Waals surface area contributed by atoms with E-state index in [9.17, 15) is 29.1 Å². The van der Waals surface area contributed by atoms with E-state index in [2.05, 4.69) is 10.6 Å². The van der Waals surface area contributed by atoms with Crippen LogP contribution in [0, 0.1) is 23.7 Å². The highest BCUT2D eigenvalue weighted by atomic mass is 16.6. The first-order chi connectivity index (χ1) is 44.4. The van der Waals surface area contributed by atoms with E-state index in [1.54, 1.807) is 49.9 Å². The van der Waals surface area contributed by atoms with E-state index >= 15 is 0 Å². The first kappa shape index (κ1) is 84.0. The van der Waals surface area contributed by atoms with E-state index in [-0.39, 0.29) is 67.4 Å². The predicted octanol–water partition coefficient (Wildman–Crippen LogP) is 3.32. The van der Waals surface area contributed by atoms with Crippen molar-refractivity contribution in [2.45, 2.75) is 136 Å². The fraction of sp³-hybridized carbons (Fsp3) is 0.833. The maximum Gasteiger partial charge on any atom is 0.245 e. The number of likely N-dealkylation sites (N-methyl/N-ethyl adjacent to an activating group) is 2. The Labute approximate surface area is 549 Å². The van der Waals surface area contributed by atoms with Crippen LogP contribution in [0.25, 0.3) is 0 Å². The zero-order valence-electron chi connectivity index (χ0n) is 57.9. The highest BCUT2D eigenvalue weighted by Gasteiger charge is 2.44. The van der Waals surface area contributed by atoms with Crippen LogP contribution in [0.15, 0.2) is 30.3 Å². The van der Waals surface area contributed by atoms with Crippen molar-refractivity contribution in [2.75, 3.05) is 200 Å². The molecule has 26 nitrogen and oxygen atoms in total. The number of benzene rings is 1. The molecule has 1 aliphatic heterocycles. The molecule has 1 aromatic rings. The van der Waals surface area contributed by atoms with Crippen molar-refractivity contribution in [1.82, 2.24) is 25.3 Å². The molecule has 0 aromatic heterocycles. The number of nitrogens with one attached hydrogen (secondary N) is 2. The molecule has 0 spiro atoms. The number of methoxy groups -OCH3 is 2. The van der Waals surface area contributed by atoms with Gasteiger partial charge >= 0.3 is 0 Å². The number of nitrogens with two attached hydrogens (primary N) is 1. The maximum absolute atomic E-state index is 14.7. The SMILES string of the molecule is CC[C@H](C)[C@@H]([C@@H](CC(=O)N1CCCC1[C@H](OC)[C@@H](C)C(=O)N[C@H](C)[C@@H](O)c1ccccc1)OC)N(C)C(=O)[C@@H](NC(=O)C(C(C)C)N(C)C(=O)CCOCCOCCOCCOCCOCCOCCOCCOCCOCCOCCOCCOCCN)C(C)C. The number of hydrogen-bond donors (Lipinski definition) is 4. The number of carbonyl (C=O) groups is 5. The molecular weight excluding hydrogens is 1200 g/mol. The standard InChI is InChI=1S/C66H120N6O20/c1-13-51(6)61(56(79-11)48-58(74)72-23-17-20-55(72)63(80-12)52(7)64(76)68-53(8)62(75)54-18-15-14-16-19-54)71(10)66(78)59(49(2)3)69-65(77)60(50(4)5)70(9)57(73)21-24-81-26-28-83-30-32-85-34-36-87-38-40-89-42-44-91-46-47-92-45-43-90-41-39-88-37-35-86-33-31-84-29-27-82-25-22-67/h14-16,18-19,49-53,55-56,59-63,75H,13,17,20-48,67H2,1-12H3,(H,68,76)(H,69,77)/t51-,52+,53+,55?,56+,59-,60?,61-,62+,63+/m0/s1. The van der Waals surface area contributed by atoms with Crippen LogP contribution in [0.3, 0.4) is 0 Å². The molecule has 2 unspecified atom stereocenters. The molecule has 1 fully saturated rings. The lowest BCUT2D eigenvalue weighted by Gasteiger charge is -2.41. The molecule has 1 heterocycles. The van der Waals surface area contributed by atoms with Crippen LogP contribution < -0.4 is 16.4 Å². The molecule has 5 N–H and O–H groups in total.